The van der Waals surface area contributed by atoms with Crippen LogP contribution in [0.1, 0.15) is 174 Å². The van der Waals surface area contributed by atoms with E-state index in [0.717, 1.165) is 51.4 Å². The Morgan fingerprint density at radius 1 is 0.608 bits per heavy atom. The van der Waals surface area contributed by atoms with Crippen LogP contribution in [0.3, 0.4) is 0 Å². The van der Waals surface area contributed by atoms with Crippen LogP contribution in [0.4, 0.5) is 0 Å². The highest BCUT2D eigenvalue weighted by Gasteiger charge is 2.44. The Balaban J connectivity index is 2.28. The highest BCUT2D eigenvalue weighted by atomic mass is 16.7. The second kappa shape index (κ2) is 34.4. The van der Waals surface area contributed by atoms with Crippen molar-refractivity contribution in [3.8, 4) is 0 Å². The topological polar surface area (TPSA) is 135 Å². The SMILES string of the molecule is CCCC/C=C\CCCCCCCC(=O)OC(COCCCCCCCC/C=C\CCCCCCCCC)COC1OC(CO)C(O)C(O)C1O. The van der Waals surface area contributed by atoms with Gasteiger partial charge in [0.25, 0.3) is 0 Å². The fourth-order valence-corrected chi connectivity index (χ4v) is 6.23. The summed E-state index contributed by atoms with van der Waals surface area (Å²) in [6.45, 7) is 4.49. The van der Waals surface area contributed by atoms with E-state index in [1.54, 1.807) is 0 Å². The van der Waals surface area contributed by atoms with Crippen molar-refractivity contribution in [1.29, 1.82) is 0 Å². The molecule has 0 spiro atoms. The molecule has 1 fully saturated rings. The fourth-order valence-electron chi connectivity index (χ4n) is 6.23. The van der Waals surface area contributed by atoms with Crippen LogP contribution in [0.5, 0.6) is 0 Å². The van der Waals surface area contributed by atoms with Gasteiger partial charge in [0.1, 0.15) is 30.5 Å². The van der Waals surface area contributed by atoms with Gasteiger partial charge in [0.05, 0.1) is 19.8 Å². The zero-order valence-corrected chi connectivity index (χ0v) is 32.6. The summed E-state index contributed by atoms with van der Waals surface area (Å²) in [6, 6.07) is 0. The van der Waals surface area contributed by atoms with Gasteiger partial charge in [0, 0.05) is 13.0 Å². The van der Waals surface area contributed by atoms with Gasteiger partial charge >= 0.3 is 5.97 Å². The molecular formula is C42H78O9. The van der Waals surface area contributed by atoms with Gasteiger partial charge in [-0.05, 0) is 57.8 Å². The summed E-state index contributed by atoms with van der Waals surface area (Å²) in [5.74, 6) is -0.326. The highest BCUT2D eigenvalue weighted by molar-refractivity contribution is 5.69. The maximum absolute atomic E-state index is 12.7. The standard InChI is InChI=1S/C42H78O9/c1-3-5-7-9-11-13-15-16-17-18-19-20-22-24-26-28-30-32-48-34-36(35-49-42-41(47)40(46)39(45)37(33-43)51-42)50-38(44)31-29-27-25-23-21-14-12-10-8-6-4-2/h10,12,17-18,36-37,39-43,45-47H,3-9,11,13-16,19-35H2,1-2H3/b12-10-,18-17-. The Morgan fingerprint density at radius 2 is 1.10 bits per heavy atom. The molecular weight excluding hydrogens is 648 g/mol. The Morgan fingerprint density at radius 3 is 1.65 bits per heavy atom. The summed E-state index contributed by atoms with van der Waals surface area (Å²) >= 11 is 0. The number of unbranched alkanes of at least 4 members (excludes halogenated alkanes) is 20. The second-order valence-electron chi connectivity index (χ2n) is 14.4. The van der Waals surface area contributed by atoms with Gasteiger partial charge in [-0.1, -0.05) is 134 Å². The molecule has 1 rings (SSSR count). The van der Waals surface area contributed by atoms with Gasteiger partial charge in [-0.2, -0.15) is 0 Å². The third-order valence-electron chi connectivity index (χ3n) is 9.59. The molecule has 9 heteroatoms. The van der Waals surface area contributed by atoms with Crippen molar-refractivity contribution in [3.63, 3.8) is 0 Å². The first-order valence-corrected chi connectivity index (χ1v) is 20.9. The van der Waals surface area contributed by atoms with Crippen molar-refractivity contribution in [1.82, 2.24) is 0 Å². The van der Waals surface area contributed by atoms with Crippen LogP contribution in [0, 0.1) is 0 Å². The zero-order valence-electron chi connectivity index (χ0n) is 32.6. The molecule has 0 radical (unpaired) electrons. The average molecular weight is 727 g/mol. The normalized spacial score (nSPS) is 21.6. The number of aliphatic hydroxyl groups excluding tert-OH is 4. The number of carbonyl (C=O) groups excluding carboxylic acids is 1. The van der Waals surface area contributed by atoms with Crippen molar-refractivity contribution >= 4 is 5.97 Å². The zero-order chi connectivity index (χ0) is 37.2. The maximum atomic E-state index is 12.7. The molecule has 1 heterocycles. The predicted molar refractivity (Wildman–Crippen MR) is 205 cm³/mol. The Bertz CT molecular complexity index is 833. The van der Waals surface area contributed by atoms with Crippen LogP contribution in [0.15, 0.2) is 24.3 Å². The van der Waals surface area contributed by atoms with Crippen LogP contribution in [-0.2, 0) is 23.7 Å². The number of hydrogen-bond donors (Lipinski definition) is 4. The lowest BCUT2D eigenvalue weighted by Gasteiger charge is -2.39. The lowest BCUT2D eigenvalue weighted by Crippen LogP contribution is -2.59. The molecule has 6 unspecified atom stereocenters. The monoisotopic (exact) mass is 727 g/mol. The van der Waals surface area contributed by atoms with E-state index in [0.29, 0.717) is 13.0 Å². The van der Waals surface area contributed by atoms with Crippen LogP contribution >= 0.6 is 0 Å². The molecule has 1 aliphatic rings. The Kier molecular flexibility index (Phi) is 32.2. The molecule has 0 amide bonds. The first-order valence-electron chi connectivity index (χ1n) is 20.9. The van der Waals surface area contributed by atoms with Crippen LogP contribution in [0.2, 0.25) is 0 Å². The minimum atomic E-state index is -1.54. The molecule has 0 aromatic carbocycles. The molecule has 0 aromatic heterocycles. The largest absolute Gasteiger partial charge is 0.457 e. The fraction of sp³-hybridized carbons (Fsp3) is 0.881. The molecule has 51 heavy (non-hydrogen) atoms. The molecule has 0 saturated carbocycles. The number of rotatable bonds is 35. The Labute approximate surface area is 311 Å². The first-order chi connectivity index (χ1) is 24.9. The summed E-state index contributed by atoms with van der Waals surface area (Å²) in [7, 11) is 0. The number of esters is 1. The smallest absolute Gasteiger partial charge is 0.306 e. The Hall–Kier alpha value is -1.33. The van der Waals surface area contributed by atoms with Gasteiger partial charge in [-0.15, -0.1) is 0 Å². The molecule has 6 atom stereocenters. The van der Waals surface area contributed by atoms with Crippen molar-refractivity contribution in [2.75, 3.05) is 26.4 Å². The summed E-state index contributed by atoms with van der Waals surface area (Å²) in [6.07, 6.45) is 30.6. The van der Waals surface area contributed by atoms with Crippen LogP contribution < -0.4 is 0 Å². The van der Waals surface area contributed by atoms with Crippen molar-refractivity contribution in [2.24, 2.45) is 0 Å². The van der Waals surface area contributed by atoms with Gasteiger partial charge in [0.2, 0.25) is 0 Å². The molecule has 300 valence electrons. The van der Waals surface area contributed by atoms with Gasteiger partial charge in [0.15, 0.2) is 6.29 Å². The second-order valence-corrected chi connectivity index (χ2v) is 14.4. The quantitative estimate of drug-likeness (QED) is 0.0288. The number of carbonyl (C=O) groups is 1. The van der Waals surface area contributed by atoms with E-state index >= 15 is 0 Å². The lowest BCUT2D eigenvalue weighted by molar-refractivity contribution is -0.305. The highest BCUT2D eigenvalue weighted by Crippen LogP contribution is 2.22. The molecule has 0 aliphatic carbocycles. The molecule has 1 saturated heterocycles. The van der Waals surface area contributed by atoms with E-state index in [4.69, 9.17) is 18.9 Å². The number of allylic oxidation sites excluding steroid dienone is 4. The molecule has 4 N–H and O–H groups in total. The van der Waals surface area contributed by atoms with Crippen LogP contribution in [-0.4, -0.2) is 89.6 Å². The minimum absolute atomic E-state index is 0.117. The van der Waals surface area contributed by atoms with Gasteiger partial charge in [-0.25, -0.2) is 0 Å². The third kappa shape index (κ3) is 26.1. The molecule has 1 aliphatic heterocycles. The third-order valence-corrected chi connectivity index (χ3v) is 9.59. The van der Waals surface area contributed by atoms with E-state index in [1.165, 1.54) is 103 Å². The minimum Gasteiger partial charge on any atom is -0.457 e. The summed E-state index contributed by atoms with van der Waals surface area (Å²) < 4.78 is 22.7. The first kappa shape index (κ1) is 47.7. The average Bonchev–Trinajstić information content (AvgIpc) is 3.13. The van der Waals surface area contributed by atoms with Crippen molar-refractivity contribution in [3.05, 3.63) is 24.3 Å². The number of hydrogen-bond acceptors (Lipinski definition) is 9. The lowest BCUT2D eigenvalue weighted by atomic mass is 9.99. The predicted octanol–water partition coefficient (Wildman–Crippen LogP) is 8.64. The molecule has 0 aromatic rings. The van der Waals surface area contributed by atoms with E-state index in [-0.39, 0.29) is 19.2 Å². The van der Waals surface area contributed by atoms with Gasteiger partial charge < -0.3 is 39.4 Å². The summed E-state index contributed by atoms with van der Waals surface area (Å²) in [5.41, 5.74) is 0. The summed E-state index contributed by atoms with van der Waals surface area (Å²) in [5, 5.41) is 40.0. The molecule has 0 bridgehead atoms. The number of aliphatic hydroxyl groups is 4. The molecule has 9 nitrogen and oxygen atoms in total. The van der Waals surface area contributed by atoms with Crippen LogP contribution in [0.25, 0.3) is 0 Å². The van der Waals surface area contributed by atoms with E-state index in [2.05, 4.69) is 38.2 Å². The van der Waals surface area contributed by atoms with E-state index < -0.39 is 43.4 Å². The van der Waals surface area contributed by atoms with E-state index in [1.807, 2.05) is 0 Å². The van der Waals surface area contributed by atoms with Crippen molar-refractivity contribution in [2.45, 2.75) is 211 Å². The van der Waals surface area contributed by atoms with Gasteiger partial charge in [-0.3, -0.25) is 4.79 Å². The van der Waals surface area contributed by atoms with Crippen molar-refractivity contribution < 1.29 is 44.2 Å². The maximum Gasteiger partial charge on any atom is 0.306 e. The summed E-state index contributed by atoms with van der Waals surface area (Å²) in [4.78, 5) is 12.7. The number of ether oxygens (including phenoxy) is 4. The van der Waals surface area contributed by atoms with E-state index in [9.17, 15) is 25.2 Å².